The summed E-state index contributed by atoms with van der Waals surface area (Å²) in [4.78, 5) is 24.9. The van der Waals surface area contributed by atoms with E-state index >= 15 is 0 Å². The maximum absolute atomic E-state index is 12.1. The smallest absolute Gasteiger partial charge is 0.466 e. The summed E-state index contributed by atoms with van der Waals surface area (Å²) < 4.78 is 44.8. The number of ether oxygens (including phenoxy) is 2. The van der Waals surface area contributed by atoms with Gasteiger partial charge in [0.1, 0.15) is 5.75 Å². The third kappa shape index (κ3) is 4.65. The van der Waals surface area contributed by atoms with Crippen molar-refractivity contribution in [3.05, 3.63) is 27.7 Å². The van der Waals surface area contributed by atoms with E-state index in [1.54, 1.807) is 6.92 Å². The number of aromatic nitrogens is 1. The number of aryl methyl sites for hydroxylation is 1. The minimum atomic E-state index is -4.87. The zero-order chi connectivity index (χ0) is 14.6. The number of halogens is 3. The lowest BCUT2D eigenvalue weighted by molar-refractivity contribution is -0.275. The number of carbonyl (C=O) groups excluding carboxylic acids is 1. The van der Waals surface area contributed by atoms with Gasteiger partial charge in [0.05, 0.1) is 18.7 Å². The van der Waals surface area contributed by atoms with E-state index in [1.807, 2.05) is 0 Å². The van der Waals surface area contributed by atoms with Crippen molar-refractivity contribution in [1.29, 1.82) is 0 Å². The molecule has 0 aromatic carbocycles. The fourth-order valence-corrected chi connectivity index (χ4v) is 1.37. The first-order chi connectivity index (χ1) is 8.73. The third-order valence-electron chi connectivity index (χ3n) is 2.13. The van der Waals surface area contributed by atoms with Gasteiger partial charge >= 0.3 is 12.3 Å². The Morgan fingerprint density at radius 3 is 2.58 bits per heavy atom. The summed E-state index contributed by atoms with van der Waals surface area (Å²) in [6.07, 6.45) is -5.29. The molecule has 0 atom stereocenters. The predicted molar refractivity (Wildman–Crippen MR) is 58.8 cm³/mol. The number of aromatic amines is 1. The second-order valence-electron chi connectivity index (χ2n) is 3.64. The van der Waals surface area contributed by atoms with Crippen LogP contribution in [-0.2, 0) is 16.0 Å². The highest BCUT2D eigenvalue weighted by molar-refractivity contribution is 5.72. The van der Waals surface area contributed by atoms with Crippen molar-refractivity contribution in [2.75, 3.05) is 6.61 Å². The zero-order valence-electron chi connectivity index (χ0n) is 10.3. The molecule has 0 amide bonds. The van der Waals surface area contributed by atoms with Gasteiger partial charge in [-0.05, 0) is 19.9 Å². The second-order valence-corrected chi connectivity index (χ2v) is 3.64. The van der Waals surface area contributed by atoms with E-state index < -0.39 is 30.1 Å². The van der Waals surface area contributed by atoms with Crippen LogP contribution in [0.25, 0.3) is 0 Å². The lowest BCUT2D eigenvalue weighted by Gasteiger charge is -2.12. The molecule has 0 fully saturated rings. The van der Waals surface area contributed by atoms with Gasteiger partial charge in [-0.3, -0.25) is 9.59 Å². The molecule has 0 unspecified atom stereocenters. The summed E-state index contributed by atoms with van der Waals surface area (Å²) in [6, 6.07) is 0.887. The average molecular weight is 279 g/mol. The van der Waals surface area contributed by atoms with E-state index in [2.05, 4.69) is 14.5 Å². The number of carbonyl (C=O) groups is 1. The molecule has 0 saturated heterocycles. The van der Waals surface area contributed by atoms with Gasteiger partial charge in [0, 0.05) is 5.56 Å². The summed E-state index contributed by atoms with van der Waals surface area (Å²) in [6.45, 7) is 2.96. The van der Waals surface area contributed by atoms with E-state index in [-0.39, 0.29) is 17.9 Å². The highest BCUT2D eigenvalue weighted by Crippen LogP contribution is 2.24. The molecule has 0 aliphatic carbocycles. The van der Waals surface area contributed by atoms with Crippen LogP contribution in [0.2, 0.25) is 0 Å². The maximum atomic E-state index is 12.1. The Morgan fingerprint density at radius 1 is 1.42 bits per heavy atom. The Balaban J connectivity index is 3.03. The number of rotatable bonds is 4. The number of alkyl halides is 3. The second kappa shape index (κ2) is 5.77. The topological polar surface area (TPSA) is 68.4 Å². The van der Waals surface area contributed by atoms with Crippen LogP contribution in [-0.4, -0.2) is 23.9 Å². The first kappa shape index (κ1) is 15.1. The number of H-pyrrole nitrogens is 1. The Kier molecular flexibility index (Phi) is 4.57. The molecule has 0 bridgehead atoms. The molecule has 0 radical (unpaired) electrons. The van der Waals surface area contributed by atoms with Crippen molar-refractivity contribution >= 4 is 5.97 Å². The minimum Gasteiger partial charge on any atom is -0.466 e. The van der Waals surface area contributed by atoms with E-state index in [0.29, 0.717) is 0 Å². The Bertz CT molecular complexity index is 522. The van der Waals surface area contributed by atoms with Crippen molar-refractivity contribution in [2.24, 2.45) is 0 Å². The van der Waals surface area contributed by atoms with Gasteiger partial charge in [-0.1, -0.05) is 0 Å². The van der Waals surface area contributed by atoms with Crippen LogP contribution in [0, 0.1) is 6.92 Å². The quantitative estimate of drug-likeness (QED) is 0.851. The lowest BCUT2D eigenvalue weighted by atomic mass is 10.2. The summed E-state index contributed by atoms with van der Waals surface area (Å²) in [5, 5.41) is 0. The molecule has 1 N–H and O–H groups in total. The molecule has 1 heterocycles. The molecule has 5 nitrogen and oxygen atoms in total. The van der Waals surface area contributed by atoms with Crippen molar-refractivity contribution in [1.82, 2.24) is 4.98 Å². The van der Waals surface area contributed by atoms with Gasteiger partial charge in [0.15, 0.2) is 0 Å². The molecule has 1 aromatic rings. The standard InChI is InChI=1S/C11H12F3NO4/c1-3-18-9(16)5-7-4-8(19-11(12,13)14)6(2)15-10(7)17/h4H,3,5H2,1-2H3,(H,15,17). The molecule has 106 valence electrons. The molecular formula is C11H12F3NO4. The number of pyridine rings is 1. The molecule has 1 aromatic heterocycles. The van der Waals surface area contributed by atoms with Gasteiger partial charge in [-0.15, -0.1) is 13.2 Å². The van der Waals surface area contributed by atoms with Gasteiger partial charge in [0.25, 0.3) is 5.56 Å². The van der Waals surface area contributed by atoms with Crippen LogP contribution in [0.4, 0.5) is 13.2 Å². The van der Waals surface area contributed by atoms with Crippen LogP contribution in [0.5, 0.6) is 5.75 Å². The van der Waals surface area contributed by atoms with Crippen molar-refractivity contribution in [3.8, 4) is 5.75 Å². The summed E-state index contributed by atoms with van der Waals surface area (Å²) in [5.74, 6) is -1.25. The summed E-state index contributed by atoms with van der Waals surface area (Å²) in [7, 11) is 0. The van der Waals surface area contributed by atoms with Crippen molar-refractivity contribution in [3.63, 3.8) is 0 Å². The van der Waals surface area contributed by atoms with E-state index in [0.717, 1.165) is 6.07 Å². The third-order valence-corrected chi connectivity index (χ3v) is 2.13. The lowest BCUT2D eigenvalue weighted by Crippen LogP contribution is -2.22. The van der Waals surface area contributed by atoms with Gasteiger partial charge in [-0.2, -0.15) is 0 Å². The summed E-state index contributed by atoms with van der Waals surface area (Å²) >= 11 is 0. The molecule has 8 heteroatoms. The molecule has 19 heavy (non-hydrogen) atoms. The number of hydrogen-bond donors (Lipinski definition) is 1. The monoisotopic (exact) mass is 279 g/mol. The van der Waals surface area contributed by atoms with Crippen LogP contribution in [0.3, 0.4) is 0 Å². The fraction of sp³-hybridized carbons (Fsp3) is 0.455. The first-order valence-electron chi connectivity index (χ1n) is 5.37. The van der Waals surface area contributed by atoms with Crippen molar-refractivity contribution < 1.29 is 27.4 Å². The van der Waals surface area contributed by atoms with Crippen molar-refractivity contribution in [2.45, 2.75) is 26.6 Å². The summed E-state index contributed by atoms with van der Waals surface area (Å²) in [5.41, 5.74) is -0.877. The highest BCUT2D eigenvalue weighted by atomic mass is 19.4. The molecular weight excluding hydrogens is 267 g/mol. The van der Waals surface area contributed by atoms with Crippen LogP contribution >= 0.6 is 0 Å². The van der Waals surface area contributed by atoms with Gasteiger partial charge in [0.2, 0.25) is 0 Å². The van der Waals surface area contributed by atoms with Crippen LogP contribution < -0.4 is 10.3 Å². The molecule has 0 saturated carbocycles. The number of nitrogens with one attached hydrogen (secondary N) is 1. The van der Waals surface area contributed by atoms with E-state index in [4.69, 9.17) is 0 Å². The average Bonchev–Trinajstić information content (AvgIpc) is 2.23. The fourth-order valence-electron chi connectivity index (χ4n) is 1.37. The van der Waals surface area contributed by atoms with Crippen LogP contribution in [0.15, 0.2) is 10.9 Å². The SMILES string of the molecule is CCOC(=O)Cc1cc(OC(F)(F)F)c(C)[nH]c1=O. The zero-order valence-corrected chi connectivity index (χ0v) is 10.3. The Labute approximate surface area is 106 Å². The van der Waals surface area contributed by atoms with Gasteiger partial charge in [-0.25, -0.2) is 0 Å². The predicted octanol–water partition coefficient (Wildman–Crippen LogP) is 1.69. The van der Waals surface area contributed by atoms with E-state index in [1.165, 1.54) is 6.92 Å². The molecule has 0 spiro atoms. The van der Waals surface area contributed by atoms with Crippen LogP contribution in [0.1, 0.15) is 18.2 Å². The Hall–Kier alpha value is -1.99. The largest absolute Gasteiger partial charge is 0.573 e. The highest BCUT2D eigenvalue weighted by Gasteiger charge is 2.32. The minimum absolute atomic E-state index is 0.0741. The van der Waals surface area contributed by atoms with E-state index in [9.17, 15) is 22.8 Å². The molecule has 1 rings (SSSR count). The molecule has 0 aliphatic rings. The normalized spacial score (nSPS) is 11.2. The maximum Gasteiger partial charge on any atom is 0.573 e. The van der Waals surface area contributed by atoms with Gasteiger partial charge < -0.3 is 14.5 Å². The Morgan fingerprint density at radius 2 is 2.05 bits per heavy atom. The molecule has 0 aliphatic heterocycles. The first-order valence-corrected chi connectivity index (χ1v) is 5.37. The number of esters is 1. The number of hydrogen-bond acceptors (Lipinski definition) is 4.